The predicted molar refractivity (Wildman–Crippen MR) is 122 cm³/mol. The number of fused-ring (bicyclic) bond motifs is 1. The maximum atomic E-state index is 12.6. The second kappa shape index (κ2) is 10.4. The molecule has 0 spiro atoms. The normalized spacial score (nSPS) is 17.0. The van der Waals surface area contributed by atoms with Crippen molar-refractivity contribution >= 4 is 16.9 Å². The number of piperidine rings is 1. The summed E-state index contributed by atoms with van der Waals surface area (Å²) in [6.07, 6.45) is 10.1. The number of nitrogens with zero attached hydrogens (tertiary/aromatic N) is 5. The number of likely N-dealkylation sites (tertiary alicyclic amines) is 1. The third-order valence-corrected chi connectivity index (χ3v) is 6.20. The number of likely N-dealkylation sites (N-methyl/N-ethyl adjacent to an activating group) is 1. The molecule has 0 unspecified atom stereocenters. The highest BCUT2D eigenvalue weighted by atomic mass is 16.2. The Morgan fingerprint density at radius 1 is 1.10 bits per heavy atom. The molecule has 4 rings (SSSR count). The molecule has 31 heavy (non-hydrogen) atoms. The molecular weight excluding hydrogens is 386 g/mol. The fourth-order valence-corrected chi connectivity index (χ4v) is 4.42. The maximum Gasteiger partial charge on any atom is 0.222 e. The summed E-state index contributed by atoms with van der Waals surface area (Å²) < 4.78 is 0. The van der Waals surface area contributed by atoms with Crippen LogP contribution < -0.4 is 0 Å². The first kappa shape index (κ1) is 21.4. The van der Waals surface area contributed by atoms with Gasteiger partial charge in [0.25, 0.3) is 0 Å². The Kier molecular flexibility index (Phi) is 7.20. The van der Waals surface area contributed by atoms with Crippen molar-refractivity contribution in [1.82, 2.24) is 24.8 Å². The molecule has 1 amide bonds. The quantitative estimate of drug-likeness (QED) is 0.559. The summed E-state index contributed by atoms with van der Waals surface area (Å²) in [5.74, 6) is 0.806. The van der Waals surface area contributed by atoms with Gasteiger partial charge in [-0.15, -0.1) is 0 Å². The molecule has 0 N–H and O–H groups in total. The van der Waals surface area contributed by atoms with Crippen LogP contribution in [0, 0.1) is 5.92 Å². The molecule has 0 saturated carbocycles. The fraction of sp³-hybridized carbons (Fsp3) is 0.440. The van der Waals surface area contributed by atoms with Gasteiger partial charge < -0.3 is 4.90 Å². The van der Waals surface area contributed by atoms with E-state index in [0.29, 0.717) is 12.3 Å². The van der Waals surface area contributed by atoms with Gasteiger partial charge in [-0.3, -0.25) is 24.6 Å². The summed E-state index contributed by atoms with van der Waals surface area (Å²) in [5, 5.41) is 0. The van der Waals surface area contributed by atoms with Gasteiger partial charge in [-0.1, -0.05) is 18.2 Å². The maximum absolute atomic E-state index is 12.6. The largest absolute Gasteiger partial charge is 0.345 e. The lowest BCUT2D eigenvalue weighted by Crippen LogP contribution is -2.36. The first-order chi connectivity index (χ1) is 15.2. The zero-order chi connectivity index (χ0) is 21.5. The fourth-order valence-electron chi connectivity index (χ4n) is 4.42. The second-order valence-electron chi connectivity index (χ2n) is 8.51. The number of pyridine rings is 1. The summed E-state index contributed by atoms with van der Waals surface area (Å²) in [5.41, 5.74) is 4.21. The minimum absolute atomic E-state index is 0.234. The molecule has 1 aliphatic heterocycles. The van der Waals surface area contributed by atoms with Gasteiger partial charge in [0.05, 0.1) is 11.0 Å². The van der Waals surface area contributed by atoms with Crippen LogP contribution in [0.4, 0.5) is 0 Å². The number of carbonyl (C=O) groups excluding carboxylic acids is 1. The molecule has 2 aromatic heterocycles. The minimum Gasteiger partial charge on any atom is -0.345 e. The van der Waals surface area contributed by atoms with Gasteiger partial charge in [0.15, 0.2) is 0 Å². The molecule has 1 aromatic carbocycles. The molecule has 3 heterocycles. The van der Waals surface area contributed by atoms with E-state index in [1.54, 1.807) is 18.6 Å². The van der Waals surface area contributed by atoms with Crippen molar-refractivity contribution in [2.24, 2.45) is 5.92 Å². The number of amides is 1. The van der Waals surface area contributed by atoms with Crippen LogP contribution in [-0.4, -0.2) is 57.3 Å². The highest BCUT2D eigenvalue weighted by Crippen LogP contribution is 2.24. The van der Waals surface area contributed by atoms with Crippen LogP contribution in [0.25, 0.3) is 11.0 Å². The Hall–Kier alpha value is -2.86. The average molecular weight is 418 g/mol. The Morgan fingerprint density at radius 3 is 2.87 bits per heavy atom. The number of carbonyl (C=O) groups is 1. The van der Waals surface area contributed by atoms with Crippen molar-refractivity contribution in [3.8, 4) is 0 Å². The summed E-state index contributed by atoms with van der Waals surface area (Å²) >= 11 is 0. The van der Waals surface area contributed by atoms with Crippen molar-refractivity contribution in [2.45, 2.75) is 38.6 Å². The van der Waals surface area contributed by atoms with Crippen LogP contribution >= 0.6 is 0 Å². The highest BCUT2D eigenvalue weighted by molar-refractivity contribution is 5.77. The summed E-state index contributed by atoms with van der Waals surface area (Å²) in [4.78, 5) is 30.3. The van der Waals surface area contributed by atoms with Crippen molar-refractivity contribution in [3.05, 3.63) is 66.2 Å². The number of aromatic nitrogens is 3. The van der Waals surface area contributed by atoms with E-state index in [2.05, 4.69) is 32.0 Å². The second-order valence-corrected chi connectivity index (χ2v) is 8.51. The van der Waals surface area contributed by atoms with Crippen molar-refractivity contribution in [2.75, 3.05) is 26.7 Å². The van der Waals surface area contributed by atoms with E-state index in [9.17, 15) is 4.79 Å². The Balaban J connectivity index is 1.25. The molecular formula is C25H31N5O. The van der Waals surface area contributed by atoms with Crippen LogP contribution in [0.5, 0.6) is 0 Å². The number of hydrogen-bond acceptors (Lipinski definition) is 5. The molecule has 6 heteroatoms. The smallest absolute Gasteiger partial charge is 0.222 e. The first-order valence-corrected chi connectivity index (χ1v) is 11.2. The van der Waals surface area contributed by atoms with Gasteiger partial charge in [-0.05, 0) is 55.5 Å². The van der Waals surface area contributed by atoms with E-state index in [1.165, 1.54) is 18.4 Å². The van der Waals surface area contributed by atoms with Crippen LogP contribution in [0.1, 0.15) is 36.9 Å². The third-order valence-electron chi connectivity index (χ3n) is 6.20. The van der Waals surface area contributed by atoms with Crippen LogP contribution in [0.15, 0.2) is 55.0 Å². The van der Waals surface area contributed by atoms with Gasteiger partial charge >= 0.3 is 0 Å². The standard InChI is InChI=1S/C25H31N5O/c1-29(17-12-22-8-2-3-13-26-22)24(31)11-10-20-6-5-16-30(18-20)19-21-7-4-9-23-25(21)28-15-14-27-23/h2-4,7-9,13-15,20H,5-6,10-12,16-19H2,1H3/t20-/m0/s1. The van der Waals surface area contributed by atoms with Gasteiger partial charge in [0, 0.05) is 63.8 Å². The lowest BCUT2D eigenvalue weighted by molar-refractivity contribution is -0.130. The SMILES string of the molecule is CN(CCc1ccccn1)C(=O)CC[C@@H]1CCCN(Cc2cccc3nccnc23)C1. The number of para-hydroxylation sites is 1. The zero-order valence-electron chi connectivity index (χ0n) is 18.3. The van der Waals surface area contributed by atoms with Gasteiger partial charge in [0.2, 0.25) is 5.91 Å². The molecule has 1 fully saturated rings. The molecule has 1 aliphatic rings. The van der Waals surface area contributed by atoms with E-state index in [4.69, 9.17) is 0 Å². The Bertz CT molecular complexity index is 988. The van der Waals surface area contributed by atoms with Gasteiger partial charge in [0.1, 0.15) is 0 Å². The van der Waals surface area contributed by atoms with Gasteiger partial charge in [-0.25, -0.2) is 0 Å². The zero-order valence-corrected chi connectivity index (χ0v) is 18.3. The molecule has 0 radical (unpaired) electrons. The Labute approximate surface area is 184 Å². The lowest BCUT2D eigenvalue weighted by Gasteiger charge is -2.33. The van der Waals surface area contributed by atoms with Gasteiger partial charge in [-0.2, -0.15) is 0 Å². The van der Waals surface area contributed by atoms with Crippen LogP contribution in [-0.2, 0) is 17.8 Å². The average Bonchev–Trinajstić information content (AvgIpc) is 2.82. The molecule has 0 bridgehead atoms. The van der Waals surface area contributed by atoms with Crippen LogP contribution in [0.3, 0.4) is 0 Å². The minimum atomic E-state index is 0.234. The molecule has 162 valence electrons. The summed E-state index contributed by atoms with van der Waals surface area (Å²) in [7, 11) is 1.90. The topological polar surface area (TPSA) is 62.2 Å². The van der Waals surface area contributed by atoms with E-state index < -0.39 is 0 Å². The summed E-state index contributed by atoms with van der Waals surface area (Å²) in [6.45, 7) is 3.76. The molecule has 1 saturated heterocycles. The monoisotopic (exact) mass is 417 g/mol. The predicted octanol–water partition coefficient (Wildman–Crippen LogP) is 3.72. The van der Waals surface area contributed by atoms with Crippen molar-refractivity contribution < 1.29 is 4.79 Å². The van der Waals surface area contributed by atoms with E-state index in [-0.39, 0.29) is 5.91 Å². The Morgan fingerprint density at radius 2 is 2.00 bits per heavy atom. The highest BCUT2D eigenvalue weighted by Gasteiger charge is 2.22. The van der Waals surface area contributed by atoms with E-state index >= 15 is 0 Å². The number of benzene rings is 1. The van der Waals surface area contributed by atoms with E-state index in [1.807, 2.05) is 36.2 Å². The number of rotatable bonds is 8. The van der Waals surface area contributed by atoms with Crippen molar-refractivity contribution in [3.63, 3.8) is 0 Å². The van der Waals surface area contributed by atoms with E-state index in [0.717, 1.165) is 55.7 Å². The lowest BCUT2D eigenvalue weighted by atomic mass is 9.92. The summed E-state index contributed by atoms with van der Waals surface area (Å²) in [6, 6.07) is 12.1. The van der Waals surface area contributed by atoms with Crippen molar-refractivity contribution in [1.29, 1.82) is 0 Å². The third kappa shape index (κ3) is 5.85. The molecule has 0 aliphatic carbocycles. The molecule has 6 nitrogen and oxygen atoms in total. The van der Waals surface area contributed by atoms with Crippen LogP contribution in [0.2, 0.25) is 0 Å². The number of hydrogen-bond donors (Lipinski definition) is 0. The molecule has 1 atom stereocenters. The molecule has 3 aromatic rings. The first-order valence-electron chi connectivity index (χ1n) is 11.2.